The molecule has 2 N–H and O–H groups in total. The topological polar surface area (TPSA) is 46.3 Å². The summed E-state index contributed by atoms with van der Waals surface area (Å²) in [5.41, 5.74) is 8.88. The molecule has 0 aromatic heterocycles. The van der Waals surface area contributed by atoms with Crippen LogP contribution in [0.4, 0.5) is 5.69 Å². The van der Waals surface area contributed by atoms with Crippen LogP contribution in [0.2, 0.25) is 0 Å². The second-order valence-electron chi connectivity index (χ2n) is 5.09. The van der Waals surface area contributed by atoms with E-state index in [1.165, 1.54) is 0 Å². The molecule has 0 spiro atoms. The summed E-state index contributed by atoms with van der Waals surface area (Å²) in [6.07, 6.45) is 1.19. The van der Waals surface area contributed by atoms with Crippen LogP contribution in [-0.2, 0) is 17.8 Å². The number of amides is 1. The van der Waals surface area contributed by atoms with E-state index < -0.39 is 0 Å². The number of aryl methyl sites for hydroxylation is 1. The van der Waals surface area contributed by atoms with Gasteiger partial charge < -0.3 is 10.6 Å². The first kappa shape index (κ1) is 18.1. The summed E-state index contributed by atoms with van der Waals surface area (Å²) < 4.78 is 0. The SMILES string of the molecule is CCN(Cc1ccccc1)C(=O)CCc1ccccc1N.Cl. The van der Waals surface area contributed by atoms with E-state index in [1.54, 1.807) is 0 Å². The van der Waals surface area contributed by atoms with Gasteiger partial charge in [-0.2, -0.15) is 0 Å². The van der Waals surface area contributed by atoms with E-state index in [9.17, 15) is 4.79 Å². The lowest BCUT2D eigenvalue weighted by Crippen LogP contribution is -2.30. The zero-order chi connectivity index (χ0) is 15.1. The number of hydrogen-bond donors (Lipinski definition) is 1. The zero-order valence-corrected chi connectivity index (χ0v) is 13.7. The van der Waals surface area contributed by atoms with Gasteiger partial charge in [-0.1, -0.05) is 48.5 Å². The van der Waals surface area contributed by atoms with E-state index in [0.29, 0.717) is 19.4 Å². The van der Waals surface area contributed by atoms with Crippen molar-refractivity contribution in [2.45, 2.75) is 26.3 Å². The Labute approximate surface area is 138 Å². The van der Waals surface area contributed by atoms with Gasteiger partial charge in [-0.3, -0.25) is 4.79 Å². The molecular weight excluding hydrogens is 296 g/mol. The zero-order valence-electron chi connectivity index (χ0n) is 12.9. The van der Waals surface area contributed by atoms with Gasteiger partial charge in [0, 0.05) is 25.2 Å². The van der Waals surface area contributed by atoms with E-state index in [1.807, 2.05) is 66.4 Å². The standard InChI is InChI=1S/C18H22N2O.ClH/c1-2-20(14-15-8-4-3-5-9-15)18(21)13-12-16-10-6-7-11-17(16)19;/h3-11H,2,12-14,19H2,1H3;1H. The molecule has 3 nitrogen and oxygen atoms in total. The number of hydrogen-bond acceptors (Lipinski definition) is 2. The fraction of sp³-hybridized carbons (Fsp3) is 0.278. The van der Waals surface area contributed by atoms with Crippen molar-refractivity contribution in [3.05, 3.63) is 65.7 Å². The smallest absolute Gasteiger partial charge is 0.223 e. The van der Waals surface area contributed by atoms with Gasteiger partial charge in [-0.05, 0) is 30.5 Å². The van der Waals surface area contributed by atoms with Crippen molar-refractivity contribution in [3.8, 4) is 0 Å². The molecule has 2 rings (SSSR count). The molecule has 2 aromatic carbocycles. The van der Waals surface area contributed by atoms with Crippen LogP contribution in [0.3, 0.4) is 0 Å². The number of carbonyl (C=O) groups excluding carboxylic acids is 1. The summed E-state index contributed by atoms with van der Waals surface area (Å²) in [5.74, 6) is 0.171. The maximum Gasteiger partial charge on any atom is 0.223 e. The average Bonchev–Trinajstić information content (AvgIpc) is 2.52. The average molecular weight is 319 g/mol. The van der Waals surface area contributed by atoms with E-state index in [-0.39, 0.29) is 18.3 Å². The third-order valence-electron chi connectivity index (χ3n) is 3.61. The Bertz CT molecular complexity index is 587. The van der Waals surface area contributed by atoms with Gasteiger partial charge in [0.05, 0.1) is 0 Å². The van der Waals surface area contributed by atoms with Crippen molar-refractivity contribution < 1.29 is 4.79 Å². The first-order chi connectivity index (χ1) is 10.2. The van der Waals surface area contributed by atoms with Crippen LogP contribution in [0, 0.1) is 0 Å². The van der Waals surface area contributed by atoms with Crippen LogP contribution in [0.25, 0.3) is 0 Å². The van der Waals surface area contributed by atoms with Crippen LogP contribution in [0.5, 0.6) is 0 Å². The molecule has 0 unspecified atom stereocenters. The molecule has 0 fully saturated rings. The fourth-order valence-electron chi connectivity index (χ4n) is 2.34. The molecule has 2 aromatic rings. The van der Waals surface area contributed by atoms with E-state index in [2.05, 4.69) is 0 Å². The summed E-state index contributed by atoms with van der Waals surface area (Å²) in [6, 6.07) is 17.8. The molecule has 0 aliphatic rings. The number of anilines is 1. The van der Waals surface area contributed by atoms with Crippen molar-refractivity contribution in [2.75, 3.05) is 12.3 Å². The Morgan fingerprint density at radius 2 is 1.68 bits per heavy atom. The predicted molar refractivity (Wildman–Crippen MR) is 94.0 cm³/mol. The second-order valence-corrected chi connectivity index (χ2v) is 5.09. The second kappa shape index (κ2) is 9.11. The number of para-hydroxylation sites is 1. The number of nitrogens with zero attached hydrogens (tertiary/aromatic N) is 1. The molecule has 1 amide bonds. The Balaban J connectivity index is 0.00000242. The van der Waals surface area contributed by atoms with Crippen molar-refractivity contribution in [1.82, 2.24) is 4.90 Å². The highest BCUT2D eigenvalue weighted by atomic mass is 35.5. The Morgan fingerprint density at radius 1 is 1.05 bits per heavy atom. The van der Waals surface area contributed by atoms with Crippen LogP contribution >= 0.6 is 12.4 Å². The number of carbonyl (C=O) groups is 1. The summed E-state index contributed by atoms with van der Waals surface area (Å²) in [6.45, 7) is 3.40. The van der Waals surface area contributed by atoms with Gasteiger partial charge in [0.15, 0.2) is 0 Å². The van der Waals surface area contributed by atoms with Gasteiger partial charge in [0.25, 0.3) is 0 Å². The maximum atomic E-state index is 12.3. The summed E-state index contributed by atoms with van der Waals surface area (Å²) >= 11 is 0. The molecule has 0 heterocycles. The number of rotatable bonds is 6. The molecule has 0 saturated carbocycles. The minimum Gasteiger partial charge on any atom is -0.399 e. The van der Waals surface area contributed by atoms with Gasteiger partial charge in [0.1, 0.15) is 0 Å². The molecular formula is C18H23ClN2O. The first-order valence-electron chi connectivity index (χ1n) is 7.35. The van der Waals surface area contributed by atoms with E-state index in [4.69, 9.17) is 5.73 Å². The molecule has 0 saturated heterocycles. The van der Waals surface area contributed by atoms with E-state index in [0.717, 1.165) is 23.4 Å². The summed E-state index contributed by atoms with van der Waals surface area (Å²) in [5, 5.41) is 0. The molecule has 0 bridgehead atoms. The lowest BCUT2D eigenvalue weighted by Gasteiger charge is -2.21. The molecule has 0 aliphatic heterocycles. The molecule has 22 heavy (non-hydrogen) atoms. The lowest BCUT2D eigenvalue weighted by atomic mass is 10.1. The highest BCUT2D eigenvalue weighted by Gasteiger charge is 2.12. The minimum absolute atomic E-state index is 0. The van der Waals surface area contributed by atoms with Crippen molar-refractivity contribution in [3.63, 3.8) is 0 Å². The summed E-state index contributed by atoms with van der Waals surface area (Å²) in [7, 11) is 0. The third-order valence-corrected chi connectivity index (χ3v) is 3.61. The summed E-state index contributed by atoms with van der Waals surface area (Å²) in [4.78, 5) is 14.2. The van der Waals surface area contributed by atoms with Crippen LogP contribution in [0.15, 0.2) is 54.6 Å². The largest absolute Gasteiger partial charge is 0.399 e. The number of benzene rings is 2. The molecule has 0 atom stereocenters. The van der Waals surface area contributed by atoms with E-state index >= 15 is 0 Å². The van der Waals surface area contributed by atoms with Crippen LogP contribution in [0.1, 0.15) is 24.5 Å². The van der Waals surface area contributed by atoms with Gasteiger partial charge >= 0.3 is 0 Å². The number of nitrogens with two attached hydrogens (primary N) is 1. The Hall–Kier alpha value is -2.00. The molecule has 0 radical (unpaired) electrons. The molecule has 4 heteroatoms. The molecule has 0 aliphatic carbocycles. The maximum absolute atomic E-state index is 12.3. The normalized spacial score (nSPS) is 9.86. The highest BCUT2D eigenvalue weighted by Crippen LogP contribution is 2.14. The van der Waals surface area contributed by atoms with Gasteiger partial charge in [-0.25, -0.2) is 0 Å². The quantitative estimate of drug-likeness (QED) is 0.826. The first-order valence-corrected chi connectivity index (χ1v) is 7.35. The van der Waals surface area contributed by atoms with Gasteiger partial charge in [0.2, 0.25) is 5.91 Å². The van der Waals surface area contributed by atoms with Crippen molar-refractivity contribution >= 4 is 24.0 Å². The monoisotopic (exact) mass is 318 g/mol. The number of nitrogen functional groups attached to an aromatic ring is 1. The van der Waals surface area contributed by atoms with Crippen molar-refractivity contribution in [2.24, 2.45) is 0 Å². The highest BCUT2D eigenvalue weighted by molar-refractivity contribution is 5.85. The predicted octanol–water partition coefficient (Wildman–Crippen LogP) is 3.67. The third kappa shape index (κ3) is 5.08. The Kier molecular flexibility index (Phi) is 7.47. The van der Waals surface area contributed by atoms with Crippen LogP contribution in [-0.4, -0.2) is 17.4 Å². The number of halogens is 1. The van der Waals surface area contributed by atoms with Crippen molar-refractivity contribution in [1.29, 1.82) is 0 Å². The Morgan fingerprint density at radius 3 is 2.32 bits per heavy atom. The van der Waals surface area contributed by atoms with Crippen LogP contribution < -0.4 is 5.73 Å². The lowest BCUT2D eigenvalue weighted by molar-refractivity contribution is -0.131. The fourth-order valence-corrected chi connectivity index (χ4v) is 2.34. The minimum atomic E-state index is 0. The van der Waals surface area contributed by atoms with Gasteiger partial charge in [-0.15, -0.1) is 12.4 Å². The molecule has 118 valence electrons.